The van der Waals surface area contributed by atoms with Crippen LogP contribution in [0.5, 0.6) is 0 Å². The third-order valence-corrected chi connectivity index (χ3v) is 3.56. The molecule has 0 bridgehead atoms. The van der Waals surface area contributed by atoms with Crippen LogP contribution in [0.3, 0.4) is 0 Å². The fraction of sp³-hybridized carbons (Fsp3) is 0.833. The molecule has 2 rings (SSSR count). The van der Waals surface area contributed by atoms with Crippen LogP contribution in [-0.2, 0) is 16.1 Å². The summed E-state index contributed by atoms with van der Waals surface area (Å²) in [7, 11) is 0. The Kier molecular flexibility index (Phi) is 4.84. The molecule has 1 saturated heterocycles. The fourth-order valence-corrected chi connectivity index (χ4v) is 2.41. The third kappa shape index (κ3) is 3.73. The lowest BCUT2D eigenvalue weighted by molar-refractivity contribution is -0.138. The molecular weight excluding hydrogens is 248 g/mol. The van der Waals surface area contributed by atoms with Gasteiger partial charge in [0.2, 0.25) is 0 Å². The van der Waals surface area contributed by atoms with Crippen molar-refractivity contribution in [3.8, 4) is 0 Å². The van der Waals surface area contributed by atoms with E-state index in [9.17, 15) is 4.79 Å². The van der Waals surface area contributed by atoms with Crippen molar-refractivity contribution in [3.63, 3.8) is 0 Å². The zero-order chi connectivity index (χ0) is 13.7. The Morgan fingerprint density at radius 3 is 3.11 bits per heavy atom. The standard InChI is InChI=1S/C12H20N4O3/c1-2-9(6-11(17)18)7-16-12(13-14-15-16)10-4-3-5-19-8-10/h9-10H,2-8H2,1H3,(H,17,18). The second kappa shape index (κ2) is 6.60. The van der Waals surface area contributed by atoms with E-state index < -0.39 is 5.97 Å². The third-order valence-electron chi connectivity index (χ3n) is 3.56. The number of hydrogen-bond donors (Lipinski definition) is 1. The number of nitrogens with zero attached hydrogens (tertiary/aromatic N) is 4. The molecule has 1 aliphatic rings. The summed E-state index contributed by atoms with van der Waals surface area (Å²) in [6, 6.07) is 0. The Morgan fingerprint density at radius 2 is 2.47 bits per heavy atom. The molecule has 0 spiro atoms. The predicted octanol–water partition coefficient (Wildman–Crippen LogP) is 1.07. The Balaban J connectivity index is 2.03. The van der Waals surface area contributed by atoms with Gasteiger partial charge in [-0.3, -0.25) is 4.79 Å². The molecule has 1 aliphatic heterocycles. The van der Waals surface area contributed by atoms with E-state index in [1.165, 1.54) is 0 Å². The maximum absolute atomic E-state index is 10.8. The Morgan fingerprint density at radius 1 is 1.63 bits per heavy atom. The molecule has 7 nitrogen and oxygen atoms in total. The minimum absolute atomic E-state index is 0.0595. The SMILES string of the molecule is CCC(CC(=O)O)Cn1nnnc1C1CCCOC1. The van der Waals surface area contributed by atoms with E-state index in [0.717, 1.165) is 31.7 Å². The zero-order valence-corrected chi connectivity index (χ0v) is 11.2. The van der Waals surface area contributed by atoms with Gasteiger partial charge < -0.3 is 9.84 Å². The highest BCUT2D eigenvalue weighted by Gasteiger charge is 2.23. The van der Waals surface area contributed by atoms with Gasteiger partial charge in [-0.2, -0.15) is 0 Å². The fourth-order valence-electron chi connectivity index (χ4n) is 2.41. The van der Waals surface area contributed by atoms with Gasteiger partial charge in [-0.15, -0.1) is 5.10 Å². The van der Waals surface area contributed by atoms with Crippen molar-refractivity contribution in [1.29, 1.82) is 0 Å². The number of aromatic nitrogens is 4. The highest BCUT2D eigenvalue weighted by molar-refractivity contribution is 5.66. The number of hydrogen-bond acceptors (Lipinski definition) is 5. The van der Waals surface area contributed by atoms with Crippen LogP contribution >= 0.6 is 0 Å². The molecule has 0 amide bonds. The van der Waals surface area contributed by atoms with Crippen LogP contribution in [0.2, 0.25) is 0 Å². The lowest BCUT2D eigenvalue weighted by atomic mass is 10.00. The van der Waals surface area contributed by atoms with Gasteiger partial charge in [-0.05, 0) is 29.2 Å². The topological polar surface area (TPSA) is 90.1 Å². The van der Waals surface area contributed by atoms with E-state index in [4.69, 9.17) is 9.84 Å². The molecule has 2 atom stereocenters. The summed E-state index contributed by atoms with van der Waals surface area (Å²) in [4.78, 5) is 10.8. The molecule has 1 fully saturated rings. The van der Waals surface area contributed by atoms with Gasteiger partial charge in [0.1, 0.15) is 0 Å². The average molecular weight is 268 g/mol. The molecule has 7 heteroatoms. The molecule has 1 aromatic rings. The van der Waals surface area contributed by atoms with Crippen molar-refractivity contribution in [3.05, 3.63) is 5.82 Å². The predicted molar refractivity (Wildman–Crippen MR) is 66.6 cm³/mol. The van der Waals surface area contributed by atoms with Gasteiger partial charge in [0, 0.05) is 25.5 Å². The van der Waals surface area contributed by atoms with E-state index in [-0.39, 0.29) is 18.3 Å². The number of ether oxygens (including phenoxy) is 1. The number of carbonyl (C=O) groups is 1. The summed E-state index contributed by atoms with van der Waals surface area (Å²) in [5, 5.41) is 20.7. The zero-order valence-electron chi connectivity index (χ0n) is 11.2. The monoisotopic (exact) mass is 268 g/mol. The summed E-state index contributed by atoms with van der Waals surface area (Å²) in [6.45, 7) is 3.99. The Labute approximate surface area is 111 Å². The van der Waals surface area contributed by atoms with Crippen LogP contribution in [0.4, 0.5) is 0 Å². The first kappa shape index (κ1) is 13.9. The van der Waals surface area contributed by atoms with E-state index in [1.54, 1.807) is 4.68 Å². The second-order valence-corrected chi connectivity index (χ2v) is 5.01. The van der Waals surface area contributed by atoms with E-state index in [1.807, 2.05) is 6.92 Å². The quantitative estimate of drug-likeness (QED) is 0.830. The van der Waals surface area contributed by atoms with Crippen LogP contribution < -0.4 is 0 Å². The van der Waals surface area contributed by atoms with Crippen LogP contribution in [0.15, 0.2) is 0 Å². The molecule has 19 heavy (non-hydrogen) atoms. The van der Waals surface area contributed by atoms with Crippen LogP contribution in [0.25, 0.3) is 0 Å². The van der Waals surface area contributed by atoms with E-state index in [0.29, 0.717) is 13.2 Å². The molecule has 106 valence electrons. The van der Waals surface area contributed by atoms with Crippen molar-refractivity contribution in [2.75, 3.05) is 13.2 Å². The summed E-state index contributed by atoms with van der Waals surface area (Å²) >= 11 is 0. The minimum Gasteiger partial charge on any atom is -0.481 e. The van der Waals surface area contributed by atoms with Gasteiger partial charge in [0.05, 0.1) is 6.61 Å². The van der Waals surface area contributed by atoms with Crippen molar-refractivity contribution in [2.45, 2.75) is 45.1 Å². The van der Waals surface area contributed by atoms with Gasteiger partial charge in [-0.25, -0.2) is 4.68 Å². The van der Waals surface area contributed by atoms with Crippen LogP contribution in [0.1, 0.15) is 44.3 Å². The lowest BCUT2D eigenvalue weighted by Crippen LogP contribution is -2.23. The molecule has 0 aliphatic carbocycles. The first-order chi connectivity index (χ1) is 9.20. The second-order valence-electron chi connectivity index (χ2n) is 5.01. The first-order valence-electron chi connectivity index (χ1n) is 6.76. The highest BCUT2D eigenvalue weighted by Crippen LogP contribution is 2.24. The molecule has 0 saturated carbocycles. The van der Waals surface area contributed by atoms with Gasteiger partial charge in [-0.1, -0.05) is 13.3 Å². The Bertz CT molecular complexity index is 415. The summed E-state index contributed by atoms with van der Waals surface area (Å²) in [5.41, 5.74) is 0. The highest BCUT2D eigenvalue weighted by atomic mass is 16.5. The summed E-state index contributed by atoms with van der Waals surface area (Å²) in [6.07, 6.45) is 2.99. The van der Waals surface area contributed by atoms with Gasteiger partial charge >= 0.3 is 5.97 Å². The van der Waals surface area contributed by atoms with Crippen LogP contribution in [-0.4, -0.2) is 44.5 Å². The van der Waals surface area contributed by atoms with Crippen molar-refractivity contribution >= 4 is 5.97 Å². The van der Waals surface area contributed by atoms with Gasteiger partial charge in [0.25, 0.3) is 0 Å². The average Bonchev–Trinajstić information content (AvgIpc) is 2.86. The molecule has 1 N–H and O–H groups in total. The van der Waals surface area contributed by atoms with Crippen molar-refractivity contribution < 1.29 is 14.6 Å². The minimum atomic E-state index is -0.775. The van der Waals surface area contributed by atoms with Gasteiger partial charge in [0.15, 0.2) is 5.82 Å². The lowest BCUT2D eigenvalue weighted by Gasteiger charge is -2.22. The number of carboxylic acid groups (broad SMARTS) is 1. The maximum atomic E-state index is 10.8. The van der Waals surface area contributed by atoms with E-state index in [2.05, 4.69) is 15.5 Å². The van der Waals surface area contributed by atoms with Crippen LogP contribution in [0, 0.1) is 5.92 Å². The molecule has 2 unspecified atom stereocenters. The molecule has 0 aromatic carbocycles. The Hall–Kier alpha value is -1.50. The summed E-state index contributed by atoms with van der Waals surface area (Å²) in [5.74, 6) is 0.335. The van der Waals surface area contributed by atoms with Crippen molar-refractivity contribution in [1.82, 2.24) is 20.2 Å². The molecule has 0 radical (unpaired) electrons. The number of carboxylic acids is 1. The smallest absolute Gasteiger partial charge is 0.303 e. The maximum Gasteiger partial charge on any atom is 0.303 e. The van der Waals surface area contributed by atoms with Crippen molar-refractivity contribution in [2.24, 2.45) is 5.92 Å². The molecule has 2 heterocycles. The molecule has 1 aromatic heterocycles. The summed E-state index contributed by atoms with van der Waals surface area (Å²) < 4.78 is 7.20. The number of tetrazole rings is 1. The largest absolute Gasteiger partial charge is 0.481 e. The first-order valence-corrected chi connectivity index (χ1v) is 6.76. The number of rotatable bonds is 6. The molecular formula is C12H20N4O3. The normalized spacial score (nSPS) is 21.2. The van der Waals surface area contributed by atoms with E-state index >= 15 is 0 Å². The number of aliphatic carboxylic acids is 1.